The van der Waals surface area contributed by atoms with Gasteiger partial charge in [0.15, 0.2) is 0 Å². The molecule has 0 unspecified atom stereocenters. The molecule has 0 spiro atoms. The third-order valence-electron chi connectivity index (χ3n) is 4.75. The van der Waals surface area contributed by atoms with E-state index in [0.717, 1.165) is 18.4 Å². The van der Waals surface area contributed by atoms with E-state index in [-0.39, 0.29) is 17.0 Å². The van der Waals surface area contributed by atoms with Crippen LogP contribution in [0.25, 0.3) is 0 Å². The van der Waals surface area contributed by atoms with Gasteiger partial charge >= 0.3 is 0 Å². The summed E-state index contributed by atoms with van der Waals surface area (Å²) in [5, 5.41) is 5.73. The molecule has 29 heavy (non-hydrogen) atoms. The van der Waals surface area contributed by atoms with Gasteiger partial charge in [-0.05, 0) is 55.7 Å². The zero-order chi connectivity index (χ0) is 21.0. The maximum absolute atomic E-state index is 12.7. The van der Waals surface area contributed by atoms with Gasteiger partial charge < -0.3 is 10.6 Å². The zero-order valence-electron chi connectivity index (χ0n) is 15.9. The quantitative estimate of drug-likeness (QED) is 0.729. The summed E-state index contributed by atoms with van der Waals surface area (Å²) < 4.78 is 26.7. The van der Waals surface area contributed by atoms with Crippen LogP contribution in [0.4, 0.5) is 5.69 Å². The fourth-order valence-electron chi connectivity index (χ4n) is 3.08. The molecule has 1 fully saturated rings. The Morgan fingerprint density at radius 2 is 1.79 bits per heavy atom. The third-order valence-corrected chi connectivity index (χ3v) is 7.05. The number of hydrogen-bond donors (Lipinski definition) is 2. The van der Waals surface area contributed by atoms with Crippen molar-refractivity contribution in [2.45, 2.75) is 24.7 Å². The van der Waals surface area contributed by atoms with E-state index in [9.17, 15) is 18.0 Å². The number of hydrogen-bond acceptors (Lipinski definition) is 4. The van der Waals surface area contributed by atoms with Gasteiger partial charge in [-0.3, -0.25) is 9.59 Å². The molecule has 1 aliphatic heterocycles. The fourth-order valence-corrected chi connectivity index (χ4v) is 4.81. The topological polar surface area (TPSA) is 95.6 Å². The summed E-state index contributed by atoms with van der Waals surface area (Å²) in [6.45, 7) is 2.50. The number of rotatable bonds is 6. The van der Waals surface area contributed by atoms with Crippen LogP contribution >= 0.6 is 11.6 Å². The number of nitrogens with zero attached hydrogens (tertiary/aromatic N) is 1. The minimum Gasteiger partial charge on any atom is -0.343 e. The molecular weight excluding hydrogens is 414 g/mol. The van der Waals surface area contributed by atoms with E-state index in [0.29, 0.717) is 23.8 Å². The van der Waals surface area contributed by atoms with Crippen LogP contribution in [-0.2, 0) is 14.8 Å². The first-order chi connectivity index (χ1) is 13.8. The molecule has 1 saturated heterocycles. The average molecular weight is 436 g/mol. The minimum absolute atomic E-state index is 0.0750. The van der Waals surface area contributed by atoms with E-state index < -0.39 is 21.8 Å². The van der Waals surface area contributed by atoms with Crippen molar-refractivity contribution in [3.63, 3.8) is 0 Å². The number of anilines is 1. The van der Waals surface area contributed by atoms with Crippen molar-refractivity contribution in [3.8, 4) is 0 Å². The number of sulfonamides is 1. The summed E-state index contributed by atoms with van der Waals surface area (Å²) >= 11 is 6.03. The van der Waals surface area contributed by atoms with Crippen LogP contribution < -0.4 is 10.6 Å². The van der Waals surface area contributed by atoms with Crippen LogP contribution in [0.1, 0.15) is 28.8 Å². The maximum atomic E-state index is 12.7. The van der Waals surface area contributed by atoms with Gasteiger partial charge in [0.25, 0.3) is 5.91 Å². The number of carbonyl (C=O) groups is 2. The van der Waals surface area contributed by atoms with Crippen molar-refractivity contribution in [2.75, 3.05) is 25.0 Å². The minimum atomic E-state index is -3.61. The first kappa shape index (κ1) is 21.3. The molecule has 0 aliphatic carbocycles. The van der Waals surface area contributed by atoms with E-state index in [2.05, 4.69) is 10.6 Å². The molecule has 0 radical (unpaired) electrons. The van der Waals surface area contributed by atoms with Gasteiger partial charge in [0, 0.05) is 29.4 Å². The van der Waals surface area contributed by atoms with Gasteiger partial charge in [0.2, 0.25) is 15.9 Å². The van der Waals surface area contributed by atoms with Gasteiger partial charge in [-0.2, -0.15) is 4.31 Å². The Kier molecular flexibility index (Phi) is 6.56. The zero-order valence-corrected chi connectivity index (χ0v) is 17.5. The van der Waals surface area contributed by atoms with Gasteiger partial charge in [0.1, 0.15) is 0 Å². The van der Waals surface area contributed by atoms with Gasteiger partial charge in [-0.25, -0.2) is 8.42 Å². The van der Waals surface area contributed by atoms with E-state index in [1.165, 1.54) is 28.6 Å². The van der Waals surface area contributed by atoms with E-state index in [4.69, 9.17) is 11.6 Å². The van der Waals surface area contributed by atoms with Crippen LogP contribution in [0.3, 0.4) is 0 Å². The Morgan fingerprint density at radius 3 is 2.52 bits per heavy atom. The van der Waals surface area contributed by atoms with Crippen molar-refractivity contribution in [3.05, 3.63) is 58.6 Å². The second-order valence-electron chi connectivity index (χ2n) is 6.78. The molecule has 0 atom stereocenters. The van der Waals surface area contributed by atoms with Crippen molar-refractivity contribution in [1.29, 1.82) is 0 Å². The standard InChI is InChI=1S/C20H22ClN3O4S/c1-14-17(21)8-5-9-18(14)23-19(25)13-22-20(26)15-6-4-7-16(12-15)29(27,28)24-10-2-3-11-24/h4-9,12H,2-3,10-11,13H2,1H3,(H,22,26)(H,23,25). The highest BCUT2D eigenvalue weighted by atomic mass is 35.5. The molecule has 154 valence electrons. The lowest BCUT2D eigenvalue weighted by Gasteiger charge is -2.16. The Hall–Kier alpha value is -2.42. The molecule has 2 N–H and O–H groups in total. The molecule has 2 aromatic carbocycles. The summed E-state index contributed by atoms with van der Waals surface area (Å²) in [5.74, 6) is -0.939. The van der Waals surface area contributed by atoms with Crippen molar-refractivity contribution in [2.24, 2.45) is 0 Å². The van der Waals surface area contributed by atoms with Gasteiger partial charge in [0.05, 0.1) is 11.4 Å². The van der Waals surface area contributed by atoms with Crippen molar-refractivity contribution < 1.29 is 18.0 Å². The summed E-state index contributed by atoms with van der Waals surface area (Å²) in [4.78, 5) is 24.6. The lowest BCUT2D eigenvalue weighted by atomic mass is 10.2. The van der Waals surface area contributed by atoms with Crippen molar-refractivity contribution >= 4 is 39.1 Å². The van der Waals surface area contributed by atoms with Crippen LogP contribution in [-0.4, -0.2) is 44.2 Å². The molecule has 7 nitrogen and oxygen atoms in total. The predicted octanol–water partition coefficient (Wildman–Crippen LogP) is 2.80. The van der Waals surface area contributed by atoms with Crippen LogP contribution in [0, 0.1) is 6.92 Å². The Labute approximate surface area is 175 Å². The smallest absolute Gasteiger partial charge is 0.251 e. The van der Waals surface area contributed by atoms with Crippen molar-refractivity contribution in [1.82, 2.24) is 9.62 Å². The molecule has 1 heterocycles. The summed E-state index contributed by atoms with van der Waals surface area (Å²) in [5.41, 5.74) is 1.47. The van der Waals surface area contributed by atoms with Crippen LogP contribution in [0.15, 0.2) is 47.4 Å². The maximum Gasteiger partial charge on any atom is 0.251 e. The highest BCUT2D eigenvalue weighted by molar-refractivity contribution is 7.89. The average Bonchev–Trinajstić information content (AvgIpc) is 3.25. The monoisotopic (exact) mass is 435 g/mol. The summed E-state index contributed by atoms with van der Waals surface area (Å²) in [7, 11) is -3.61. The van der Waals surface area contributed by atoms with Crippen LogP contribution in [0.2, 0.25) is 5.02 Å². The first-order valence-corrected chi connectivity index (χ1v) is 11.0. The summed E-state index contributed by atoms with van der Waals surface area (Å²) in [6.07, 6.45) is 1.67. The van der Waals surface area contributed by atoms with E-state index in [1.54, 1.807) is 25.1 Å². The lowest BCUT2D eigenvalue weighted by molar-refractivity contribution is -0.115. The second-order valence-corrected chi connectivity index (χ2v) is 9.13. The fraction of sp³-hybridized carbons (Fsp3) is 0.300. The number of benzene rings is 2. The Bertz CT molecular complexity index is 1030. The lowest BCUT2D eigenvalue weighted by Crippen LogP contribution is -2.33. The Morgan fingerprint density at radius 1 is 1.10 bits per heavy atom. The third kappa shape index (κ3) is 4.95. The van der Waals surface area contributed by atoms with Crippen LogP contribution in [0.5, 0.6) is 0 Å². The largest absolute Gasteiger partial charge is 0.343 e. The highest BCUT2D eigenvalue weighted by Gasteiger charge is 2.27. The molecule has 0 aromatic heterocycles. The molecule has 1 aliphatic rings. The second kappa shape index (κ2) is 8.94. The molecule has 2 aromatic rings. The number of amides is 2. The molecule has 2 amide bonds. The normalized spacial score (nSPS) is 14.6. The molecule has 0 saturated carbocycles. The molecule has 0 bridgehead atoms. The predicted molar refractivity (Wildman–Crippen MR) is 112 cm³/mol. The SMILES string of the molecule is Cc1c(Cl)cccc1NC(=O)CNC(=O)c1cccc(S(=O)(=O)N2CCCC2)c1. The van der Waals surface area contributed by atoms with Gasteiger partial charge in [-0.1, -0.05) is 23.7 Å². The van der Waals surface area contributed by atoms with Gasteiger partial charge in [-0.15, -0.1) is 0 Å². The Balaban J connectivity index is 1.64. The first-order valence-electron chi connectivity index (χ1n) is 9.22. The summed E-state index contributed by atoms with van der Waals surface area (Å²) in [6, 6.07) is 11.0. The number of halogens is 1. The molecule has 3 rings (SSSR count). The van der Waals surface area contributed by atoms with E-state index >= 15 is 0 Å². The highest BCUT2D eigenvalue weighted by Crippen LogP contribution is 2.23. The molecule has 9 heteroatoms. The molecular formula is C20H22ClN3O4S. The number of carbonyl (C=O) groups excluding carboxylic acids is 2. The van der Waals surface area contributed by atoms with E-state index in [1.807, 2.05) is 0 Å². The number of nitrogens with one attached hydrogen (secondary N) is 2.